The summed E-state index contributed by atoms with van der Waals surface area (Å²) < 4.78 is 0. The second-order valence-electron chi connectivity index (χ2n) is 11.3. The van der Waals surface area contributed by atoms with E-state index in [1.807, 2.05) is 0 Å². The summed E-state index contributed by atoms with van der Waals surface area (Å²) in [4.78, 5) is 0. The molecule has 0 aromatic heterocycles. The standard InChI is InChI=1S/C33H34/c1-4-23-25-9-5-7-11-27(25)29(28-12-8-6-10-26(23)28)17-21-13-14-24-22(16-21)18-31-30-15-19(2)20(3)32(30)33(24)31/h5-14,16,19-20,30-33H,4,15,17-18H2,1-3H3/t19-,20-,30-,31?,32-,33+/m0/s1. The highest BCUT2D eigenvalue weighted by Crippen LogP contribution is 2.67. The Balaban J connectivity index is 1.31. The van der Waals surface area contributed by atoms with Crippen molar-refractivity contribution in [2.45, 2.75) is 52.4 Å². The minimum Gasteiger partial charge on any atom is -0.0622 e. The van der Waals surface area contributed by atoms with Crippen molar-refractivity contribution >= 4 is 21.5 Å². The molecule has 0 amide bonds. The number of fused-ring (bicyclic) bond motifs is 8. The van der Waals surface area contributed by atoms with Gasteiger partial charge in [0, 0.05) is 0 Å². The summed E-state index contributed by atoms with van der Waals surface area (Å²) in [5, 5.41) is 5.74. The van der Waals surface area contributed by atoms with E-state index in [2.05, 4.69) is 87.5 Å². The maximum absolute atomic E-state index is 2.58. The number of aryl methyl sites for hydroxylation is 1. The van der Waals surface area contributed by atoms with Gasteiger partial charge < -0.3 is 0 Å². The van der Waals surface area contributed by atoms with E-state index in [1.54, 1.807) is 11.1 Å². The van der Waals surface area contributed by atoms with Crippen LogP contribution in [-0.2, 0) is 19.3 Å². The lowest BCUT2D eigenvalue weighted by Gasteiger charge is -2.47. The molecule has 0 nitrogen and oxygen atoms in total. The second kappa shape index (κ2) is 7.20. The molecule has 33 heavy (non-hydrogen) atoms. The zero-order valence-corrected chi connectivity index (χ0v) is 20.1. The van der Waals surface area contributed by atoms with Gasteiger partial charge in [-0.3, -0.25) is 0 Å². The van der Waals surface area contributed by atoms with Crippen molar-refractivity contribution in [3.8, 4) is 0 Å². The minimum absolute atomic E-state index is 0.851. The van der Waals surface area contributed by atoms with Gasteiger partial charge in [-0.15, -0.1) is 0 Å². The summed E-state index contributed by atoms with van der Waals surface area (Å²) in [6.45, 7) is 7.30. The Morgan fingerprint density at radius 3 is 2.03 bits per heavy atom. The van der Waals surface area contributed by atoms with Gasteiger partial charge in [0.15, 0.2) is 0 Å². The smallest absolute Gasteiger partial charge is 0.00133 e. The predicted molar refractivity (Wildman–Crippen MR) is 140 cm³/mol. The van der Waals surface area contributed by atoms with Crippen LogP contribution in [0, 0.1) is 29.6 Å². The molecule has 0 N–H and O–H groups in total. The first-order valence-electron chi connectivity index (χ1n) is 13.2. The molecule has 1 unspecified atom stereocenters. The first-order valence-corrected chi connectivity index (χ1v) is 13.2. The molecule has 0 spiro atoms. The van der Waals surface area contributed by atoms with Gasteiger partial charge >= 0.3 is 0 Å². The van der Waals surface area contributed by atoms with Gasteiger partial charge in [-0.1, -0.05) is 87.5 Å². The molecular formula is C33H34. The van der Waals surface area contributed by atoms with Gasteiger partial charge in [0.1, 0.15) is 0 Å². The second-order valence-corrected chi connectivity index (χ2v) is 11.3. The molecule has 4 aromatic carbocycles. The van der Waals surface area contributed by atoms with Gasteiger partial charge in [-0.05, 0) is 111 Å². The lowest BCUT2D eigenvalue weighted by atomic mass is 9.57. The summed E-state index contributed by atoms with van der Waals surface area (Å²) in [5.74, 6) is 5.54. The summed E-state index contributed by atoms with van der Waals surface area (Å²) in [6, 6.07) is 25.7. The monoisotopic (exact) mass is 430 g/mol. The van der Waals surface area contributed by atoms with Gasteiger partial charge in [-0.2, -0.15) is 0 Å². The summed E-state index contributed by atoms with van der Waals surface area (Å²) in [5.41, 5.74) is 7.84. The zero-order valence-electron chi connectivity index (χ0n) is 20.1. The highest BCUT2D eigenvalue weighted by atomic mass is 14.6. The SMILES string of the molecule is CCc1c2ccccc2c(Cc2ccc3c(c2)CC2[C@@H]3[C@H]3[C@@H](C)[C@@H](C)C[C@@H]23)c2ccccc12. The molecule has 3 aliphatic rings. The van der Waals surface area contributed by atoms with Crippen molar-refractivity contribution in [2.75, 3.05) is 0 Å². The van der Waals surface area contributed by atoms with Crippen LogP contribution in [0.2, 0.25) is 0 Å². The van der Waals surface area contributed by atoms with Crippen LogP contribution < -0.4 is 0 Å². The van der Waals surface area contributed by atoms with Crippen molar-refractivity contribution in [3.63, 3.8) is 0 Å². The molecule has 0 heterocycles. The summed E-state index contributed by atoms with van der Waals surface area (Å²) in [6.07, 6.45) is 4.89. The van der Waals surface area contributed by atoms with E-state index >= 15 is 0 Å². The molecule has 2 saturated carbocycles. The van der Waals surface area contributed by atoms with Gasteiger partial charge in [0.05, 0.1) is 0 Å². The Morgan fingerprint density at radius 2 is 1.39 bits per heavy atom. The fourth-order valence-electron chi connectivity index (χ4n) is 8.36. The van der Waals surface area contributed by atoms with Crippen LogP contribution in [0.15, 0.2) is 66.7 Å². The number of rotatable bonds is 3. The molecular weight excluding hydrogens is 396 g/mol. The summed E-state index contributed by atoms with van der Waals surface area (Å²) in [7, 11) is 0. The van der Waals surface area contributed by atoms with Gasteiger partial charge in [0.25, 0.3) is 0 Å². The highest BCUT2D eigenvalue weighted by Gasteiger charge is 2.60. The van der Waals surface area contributed by atoms with Crippen LogP contribution in [0.5, 0.6) is 0 Å². The molecule has 0 aliphatic heterocycles. The third-order valence-corrected chi connectivity index (χ3v) is 9.98. The molecule has 0 bridgehead atoms. The van der Waals surface area contributed by atoms with Crippen molar-refractivity contribution in [1.82, 2.24) is 0 Å². The van der Waals surface area contributed by atoms with Crippen LogP contribution in [0.1, 0.15) is 60.9 Å². The van der Waals surface area contributed by atoms with Gasteiger partial charge in [-0.25, -0.2) is 0 Å². The van der Waals surface area contributed by atoms with E-state index in [9.17, 15) is 0 Å². The van der Waals surface area contributed by atoms with Crippen LogP contribution in [-0.4, -0.2) is 0 Å². The Kier molecular flexibility index (Phi) is 4.33. The average molecular weight is 431 g/mol. The molecule has 2 fully saturated rings. The largest absolute Gasteiger partial charge is 0.0622 e. The van der Waals surface area contributed by atoms with Crippen molar-refractivity contribution < 1.29 is 0 Å². The third-order valence-electron chi connectivity index (χ3n) is 9.98. The highest BCUT2D eigenvalue weighted by molar-refractivity contribution is 6.06. The molecule has 166 valence electrons. The number of hydrogen-bond acceptors (Lipinski definition) is 0. The normalized spacial score (nSPS) is 29.7. The third kappa shape index (κ3) is 2.70. The molecule has 7 rings (SSSR count). The van der Waals surface area contributed by atoms with E-state index in [0.717, 1.165) is 48.3 Å². The number of hydrogen-bond donors (Lipinski definition) is 0. The Hall–Kier alpha value is -2.60. The predicted octanol–water partition coefficient (Wildman–Crippen LogP) is 8.32. The maximum atomic E-state index is 2.58. The molecule has 0 saturated heterocycles. The fraction of sp³-hybridized carbons (Fsp3) is 0.394. The Bertz CT molecular complexity index is 1340. The topological polar surface area (TPSA) is 0 Å². The van der Waals surface area contributed by atoms with E-state index < -0.39 is 0 Å². The lowest BCUT2D eigenvalue weighted by Crippen LogP contribution is -2.41. The lowest BCUT2D eigenvalue weighted by molar-refractivity contribution is 0.0515. The van der Waals surface area contributed by atoms with Crippen molar-refractivity contribution in [2.24, 2.45) is 29.6 Å². The van der Waals surface area contributed by atoms with E-state index in [0.29, 0.717) is 0 Å². The van der Waals surface area contributed by atoms with Crippen molar-refractivity contribution in [3.05, 3.63) is 94.5 Å². The molecule has 3 aliphatic carbocycles. The first kappa shape index (κ1) is 19.8. The maximum Gasteiger partial charge on any atom is -0.00133 e. The number of benzene rings is 4. The van der Waals surface area contributed by atoms with Crippen LogP contribution in [0.3, 0.4) is 0 Å². The average Bonchev–Trinajstić information content (AvgIpc) is 3.28. The molecule has 4 aromatic rings. The van der Waals surface area contributed by atoms with E-state index in [1.165, 1.54) is 51.1 Å². The molecule has 0 heteroatoms. The van der Waals surface area contributed by atoms with Crippen LogP contribution >= 0.6 is 0 Å². The minimum atomic E-state index is 0.851. The van der Waals surface area contributed by atoms with Crippen molar-refractivity contribution in [1.29, 1.82) is 0 Å². The Morgan fingerprint density at radius 1 is 0.758 bits per heavy atom. The van der Waals surface area contributed by atoms with Crippen LogP contribution in [0.25, 0.3) is 21.5 Å². The van der Waals surface area contributed by atoms with E-state index in [-0.39, 0.29) is 0 Å². The quantitative estimate of drug-likeness (QED) is 0.287. The zero-order chi connectivity index (χ0) is 22.3. The fourth-order valence-corrected chi connectivity index (χ4v) is 8.36. The van der Waals surface area contributed by atoms with Crippen LogP contribution in [0.4, 0.5) is 0 Å². The van der Waals surface area contributed by atoms with Gasteiger partial charge in [0.2, 0.25) is 0 Å². The summed E-state index contributed by atoms with van der Waals surface area (Å²) >= 11 is 0. The van der Waals surface area contributed by atoms with E-state index in [4.69, 9.17) is 0 Å². The Labute approximate surface area is 198 Å². The molecule has 0 radical (unpaired) electrons. The molecule has 6 atom stereocenters. The first-order chi connectivity index (χ1) is 16.2.